The number of benzene rings is 2. The predicted octanol–water partition coefficient (Wildman–Crippen LogP) is 2.65. The summed E-state index contributed by atoms with van der Waals surface area (Å²) in [6, 6.07) is 13.9. The molecule has 0 unspecified atom stereocenters. The van der Waals surface area contributed by atoms with E-state index in [1.54, 1.807) is 0 Å². The molecule has 0 atom stereocenters. The number of carbonyl (C=O) groups is 1. The van der Waals surface area contributed by atoms with Crippen LogP contribution in [-0.4, -0.2) is 20.4 Å². The molecule has 0 aliphatic carbocycles. The van der Waals surface area contributed by atoms with Crippen molar-refractivity contribution in [3.05, 3.63) is 70.5 Å². The number of nitrogens with zero attached hydrogens (tertiary/aromatic N) is 3. The van der Waals surface area contributed by atoms with E-state index in [0.717, 1.165) is 16.3 Å². The van der Waals surface area contributed by atoms with Crippen LogP contribution in [0.1, 0.15) is 12.0 Å². The van der Waals surface area contributed by atoms with Crippen LogP contribution in [0.3, 0.4) is 0 Å². The zero-order valence-electron chi connectivity index (χ0n) is 12.9. The van der Waals surface area contributed by atoms with Crippen molar-refractivity contribution in [3.63, 3.8) is 0 Å². The highest BCUT2D eigenvalue weighted by molar-refractivity contribution is 5.86. The zero-order chi connectivity index (χ0) is 16.9. The van der Waals surface area contributed by atoms with E-state index in [1.807, 2.05) is 42.5 Å². The molecule has 2 aromatic carbocycles. The quantitative estimate of drug-likeness (QED) is 0.557. The second kappa shape index (κ2) is 6.91. The van der Waals surface area contributed by atoms with Crippen molar-refractivity contribution in [2.75, 3.05) is 0 Å². The Bertz CT molecular complexity index is 883. The van der Waals surface area contributed by atoms with Gasteiger partial charge in [0, 0.05) is 6.54 Å². The fourth-order valence-corrected chi connectivity index (χ4v) is 2.60. The summed E-state index contributed by atoms with van der Waals surface area (Å²) in [6.07, 6.45) is 3.00. The first-order chi connectivity index (χ1) is 11.6. The largest absolute Gasteiger partial charge is 0.434 e. The Hall–Kier alpha value is -3.22. The number of hydrogen-bond donors (Lipinski definition) is 1. The predicted molar refractivity (Wildman–Crippen MR) is 89.3 cm³/mol. The maximum atomic E-state index is 12.0. The number of aryl methyl sites for hydroxylation is 1. The van der Waals surface area contributed by atoms with Crippen molar-refractivity contribution in [2.45, 2.75) is 19.5 Å². The van der Waals surface area contributed by atoms with Gasteiger partial charge in [-0.1, -0.05) is 47.4 Å². The van der Waals surface area contributed by atoms with Crippen LogP contribution < -0.4 is 5.32 Å². The van der Waals surface area contributed by atoms with E-state index in [0.29, 0.717) is 6.54 Å². The van der Waals surface area contributed by atoms with Crippen molar-refractivity contribution in [1.82, 2.24) is 14.9 Å². The Morgan fingerprint density at radius 1 is 1.21 bits per heavy atom. The molecule has 1 N–H and O–H groups in total. The Morgan fingerprint density at radius 3 is 2.83 bits per heavy atom. The summed E-state index contributed by atoms with van der Waals surface area (Å²) in [4.78, 5) is 25.9. The second-order valence-corrected chi connectivity index (χ2v) is 5.34. The normalized spacial score (nSPS) is 10.7. The smallest absolute Gasteiger partial charge is 0.390 e. The topological polar surface area (TPSA) is 90.1 Å². The molecule has 7 nitrogen and oxygen atoms in total. The van der Waals surface area contributed by atoms with Crippen molar-refractivity contribution in [1.29, 1.82) is 0 Å². The molecule has 3 rings (SSSR count). The van der Waals surface area contributed by atoms with Crippen LogP contribution >= 0.6 is 0 Å². The van der Waals surface area contributed by atoms with Gasteiger partial charge in [0.2, 0.25) is 5.91 Å². The van der Waals surface area contributed by atoms with E-state index in [9.17, 15) is 14.9 Å². The van der Waals surface area contributed by atoms with Gasteiger partial charge in [0.05, 0.1) is 13.0 Å². The summed E-state index contributed by atoms with van der Waals surface area (Å²) in [5, 5.41) is 15.9. The minimum absolute atomic E-state index is 0.155. The number of aromatic nitrogens is 2. The fraction of sp³-hybridized carbons (Fsp3) is 0.176. The molecule has 0 spiro atoms. The van der Waals surface area contributed by atoms with Gasteiger partial charge in [-0.05, 0) is 21.3 Å². The van der Waals surface area contributed by atoms with Gasteiger partial charge in [-0.25, -0.2) is 4.57 Å². The lowest BCUT2D eigenvalue weighted by Gasteiger charge is -2.08. The van der Waals surface area contributed by atoms with E-state index in [2.05, 4.69) is 10.3 Å². The van der Waals surface area contributed by atoms with Crippen LogP contribution in [0.4, 0.5) is 5.95 Å². The summed E-state index contributed by atoms with van der Waals surface area (Å²) in [5.74, 6) is -0.414. The number of rotatable bonds is 6. The average molecular weight is 324 g/mol. The molecule has 7 heteroatoms. The molecule has 1 heterocycles. The molecule has 0 aliphatic heterocycles. The standard InChI is InChI=1S/C17H16N4O3/c22-16(8-10-20-11-9-18-17(20)21(23)24)19-12-14-6-3-5-13-4-1-2-7-15(13)14/h1-7,9,11H,8,10,12H2,(H,19,22). The van der Waals surface area contributed by atoms with Gasteiger partial charge in [-0.15, -0.1) is 0 Å². The third kappa shape index (κ3) is 3.40. The summed E-state index contributed by atoms with van der Waals surface area (Å²) in [6.45, 7) is 0.643. The lowest BCUT2D eigenvalue weighted by Crippen LogP contribution is -2.24. The van der Waals surface area contributed by atoms with E-state index < -0.39 is 4.92 Å². The molecule has 0 fully saturated rings. The van der Waals surface area contributed by atoms with Crippen molar-refractivity contribution in [2.24, 2.45) is 0 Å². The van der Waals surface area contributed by atoms with Gasteiger partial charge >= 0.3 is 5.95 Å². The van der Waals surface area contributed by atoms with Crippen LogP contribution in [0.15, 0.2) is 54.9 Å². The van der Waals surface area contributed by atoms with E-state index in [-0.39, 0.29) is 24.8 Å². The number of fused-ring (bicyclic) bond motifs is 1. The Kier molecular flexibility index (Phi) is 4.51. The Labute approximate surface area is 138 Å². The molecule has 0 radical (unpaired) electrons. The van der Waals surface area contributed by atoms with Gasteiger partial charge in [0.1, 0.15) is 12.4 Å². The SMILES string of the molecule is O=C(CCn1ccnc1[N+](=O)[O-])NCc1cccc2ccccc12. The average Bonchev–Trinajstić information content (AvgIpc) is 3.07. The Balaban J connectivity index is 1.59. The van der Waals surface area contributed by atoms with Crippen LogP contribution in [0.2, 0.25) is 0 Å². The first-order valence-corrected chi connectivity index (χ1v) is 7.54. The van der Waals surface area contributed by atoms with Crippen molar-refractivity contribution >= 4 is 22.6 Å². The first kappa shape index (κ1) is 15.7. The van der Waals surface area contributed by atoms with Gasteiger partial charge < -0.3 is 15.4 Å². The first-order valence-electron chi connectivity index (χ1n) is 7.54. The summed E-state index contributed by atoms with van der Waals surface area (Å²) < 4.78 is 1.36. The van der Waals surface area contributed by atoms with Crippen LogP contribution in [0.25, 0.3) is 10.8 Å². The molecule has 3 aromatic rings. The molecule has 0 bridgehead atoms. The number of imidazole rings is 1. The summed E-state index contributed by atoms with van der Waals surface area (Å²) >= 11 is 0. The number of carbonyl (C=O) groups excluding carboxylic acids is 1. The van der Waals surface area contributed by atoms with Crippen LogP contribution in [0.5, 0.6) is 0 Å². The molecule has 0 saturated carbocycles. The maximum Gasteiger partial charge on any atom is 0.434 e. The highest BCUT2D eigenvalue weighted by Crippen LogP contribution is 2.18. The highest BCUT2D eigenvalue weighted by Gasteiger charge is 2.14. The third-order valence-electron chi connectivity index (χ3n) is 3.79. The molecule has 0 aliphatic rings. The Morgan fingerprint density at radius 2 is 2.00 bits per heavy atom. The van der Waals surface area contributed by atoms with Gasteiger partial charge in [-0.2, -0.15) is 0 Å². The summed E-state index contributed by atoms with van der Waals surface area (Å²) in [5.41, 5.74) is 1.04. The lowest BCUT2D eigenvalue weighted by molar-refractivity contribution is -0.396. The van der Waals surface area contributed by atoms with Crippen molar-refractivity contribution < 1.29 is 9.72 Å². The minimum Gasteiger partial charge on any atom is -0.390 e. The molecule has 24 heavy (non-hydrogen) atoms. The van der Waals surface area contributed by atoms with Gasteiger partial charge in [-0.3, -0.25) is 4.79 Å². The molecule has 122 valence electrons. The number of hydrogen-bond acceptors (Lipinski definition) is 4. The zero-order valence-corrected chi connectivity index (χ0v) is 12.9. The minimum atomic E-state index is -0.561. The van der Waals surface area contributed by atoms with E-state index in [1.165, 1.54) is 17.0 Å². The number of nitro groups is 1. The molecular weight excluding hydrogens is 308 g/mol. The van der Waals surface area contributed by atoms with Gasteiger partial charge in [0.25, 0.3) is 0 Å². The van der Waals surface area contributed by atoms with Crippen molar-refractivity contribution in [3.8, 4) is 0 Å². The fourth-order valence-electron chi connectivity index (χ4n) is 2.60. The van der Waals surface area contributed by atoms with Crippen LogP contribution in [0, 0.1) is 10.1 Å². The molecular formula is C17H16N4O3. The lowest BCUT2D eigenvalue weighted by atomic mass is 10.0. The molecule has 1 amide bonds. The molecule has 1 aromatic heterocycles. The van der Waals surface area contributed by atoms with E-state index >= 15 is 0 Å². The highest BCUT2D eigenvalue weighted by atomic mass is 16.6. The molecule has 0 saturated heterocycles. The monoisotopic (exact) mass is 324 g/mol. The van der Waals surface area contributed by atoms with Crippen LogP contribution in [-0.2, 0) is 17.9 Å². The number of amides is 1. The van der Waals surface area contributed by atoms with Gasteiger partial charge in [0.15, 0.2) is 0 Å². The second-order valence-electron chi connectivity index (χ2n) is 5.34. The third-order valence-corrected chi connectivity index (χ3v) is 3.79. The number of nitrogens with one attached hydrogen (secondary N) is 1. The maximum absolute atomic E-state index is 12.0. The summed E-state index contributed by atoms with van der Waals surface area (Å²) in [7, 11) is 0. The van der Waals surface area contributed by atoms with E-state index in [4.69, 9.17) is 0 Å².